The van der Waals surface area contributed by atoms with Crippen LogP contribution in [0.25, 0.3) is 0 Å². The van der Waals surface area contributed by atoms with Crippen molar-refractivity contribution in [2.75, 3.05) is 13.1 Å². The van der Waals surface area contributed by atoms with Crippen molar-refractivity contribution in [2.45, 2.75) is 153 Å². The number of nitrogens with two attached hydrogens (primary N) is 3. The van der Waals surface area contributed by atoms with Gasteiger partial charge in [0.1, 0.15) is 48.0 Å². The topological polar surface area (TPSA) is 393 Å². The van der Waals surface area contributed by atoms with Crippen molar-refractivity contribution in [3.8, 4) is 5.75 Å². The van der Waals surface area contributed by atoms with Crippen LogP contribution in [-0.4, -0.2) is 152 Å². The first-order valence-corrected chi connectivity index (χ1v) is 23.1. The van der Waals surface area contributed by atoms with E-state index in [9.17, 15) is 63.0 Å². The highest BCUT2D eigenvalue weighted by Crippen LogP contribution is 2.23. The van der Waals surface area contributed by atoms with E-state index in [0.29, 0.717) is 24.8 Å². The van der Waals surface area contributed by atoms with Gasteiger partial charge in [-0.1, -0.05) is 46.2 Å². The molecule has 2 fully saturated rings. The minimum atomic E-state index is -1.54. The first-order chi connectivity index (χ1) is 32.4. The Bertz CT molecular complexity index is 2050. The Labute approximate surface area is 399 Å². The molecule has 1 aromatic rings. The third-order valence-corrected chi connectivity index (χ3v) is 12.1. The third-order valence-electron chi connectivity index (χ3n) is 12.1. The Morgan fingerprint density at radius 3 is 1.71 bits per heavy atom. The number of carbonyl (C=O) groups excluding carboxylic acids is 9. The molecule has 0 unspecified atom stereocenters. The summed E-state index contributed by atoms with van der Waals surface area (Å²) < 4.78 is 0. The Morgan fingerprint density at radius 2 is 1.20 bits per heavy atom. The molecule has 9 atom stereocenters. The number of nitrogens with zero attached hydrogens (tertiary/aromatic N) is 2. The monoisotopic (exact) mass is 972 g/mol. The van der Waals surface area contributed by atoms with Crippen molar-refractivity contribution in [3.63, 3.8) is 0 Å². The molecule has 69 heavy (non-hydrogen) atoms. The lowest BCUT2D eigenvalue weighted by Crippen LogP contribution is -2.61. The van der Waals surface area contributed by atoms with Crippen molar-refractivity contribution in [1.82, 2.24) is 36.4 Å². The zero-order valence-corrected chi connectivity index (χ0v) is 39.4. The number of phenols is 1. The van der Waals surface area contributed by atoms with E-state index >= 15 is 0 Å². The lowest BCUT2D eigenvalue weighted by molar-refractivity contribution is -0.145. The fourth-order valence-corrected chi connectivity index (χ4v) is 8.16. The average molecular weight is 973 g/mol. The lowest BCUT2D eigenvalue weighted by atomic mass is 9.96. The van der Waals surface area contributed by atoms with Crippen LogP contribution >= 0.6 is 0 Å². The van der Waals surface area contributed by atoms with Crippen molar-refractivity contribution in [2.24, 2.45) is 29.0 Å². The Balaban J connectivity index is 1.80. The van der Waals surface area contributed by atoms with Crippen LogP contribution in [0.1, 0.15) is 104 Å². The minimum absolute atomic E-state index is 0.0325. The number of hydrogen-bond acceptors (Lipinski definition) is 13. The molecule has 0 aliphatic carbocycles. The molecule has 0 aromatic heterocycles. The van der Waals surface area contributed by atoms with Crippen molar-refractivity contribution < 1.29 is 68.1 Å². The Kier molecular flexibility index (Phi) is 21.8. The Morgan fingerprint density at radius 1 is 0.667 bits per heavy atom. The van der Waals surface area contributed by atoms with Crippen LogP contribution in [0, 0.1) is 11.8 Å². The van der Waals surface area contributed by atoms with Gasteiger partial charge in [-0.25, -0.2) is 4.79 Å². The molecular weight excluding hydrogens is 905 g/mol. The van der Waals surface area contributed by atoms with Crippen LogP contribution in [-0.2, 0) is 59.2 Å². The third kappa shape index (κ3) is 17.3. The fraction of sp³-hybridized carbons (Fsp3) is 0.622. The SMILES string of the molecule is CC[C@H](C)[C@H](NC(=O)[C@@H]1CCCN1C(=O)[C@H](CC(N)=O)NC(=O)[C@@H](N)CCC(=O)O)C(=O)N[C@@H](CC(C)C)C(=O)N[C@@H](CCC(N)=O)C(=O)N1CCC[C@H]1C(=O)N[C@@H](Cc1ccc(O)cc1)C(=O)O. The van der Waals surface area contributed by atoms with E-state index < -0.39 is 132 Å². The number of likely N-dealkylation sites (tertiary alicyclic amines) is 2. The second-order valence-corrected chi connectivity index (χ2v) is 18.0. The van der Waals surface area contributed by atoms with Crippen molar-refractivity contribution in [3.05, 3.63) is 29.8 Å². The molecule has 24 nitrogen and oxygen atoms in total. The molecule has 3 rings (SSSR count). The highest BCUT2D eigenvalue weighted by Gasteiger charge is 2.42. The van der Waals surface area contributed by atoms with Gasteiger partial charge < -0.3 is 68.9 Å². The summed E-state index contributed by atoms with van der Waals surface area (Å²) in [5.41, 5.74) is 17.1. The highest BCUT2D eigenvalue weighted by atomic mass is 16.4. The van der Waals surface area contributed by atoms with E-state index in [1.54, 1.807) is 27.7 Å². The molecule has 0 spiro atoms. The summed E-state index contributed by atoms with van der Waals surface area (Å²) in [4.78, 5) is 146. The predicted octanol–water partition coefficient (Wildman–Crippen LogP) is -2.15. The molecule has 2 heterocycles. The van der Waals surface area contributed by atoms with Gasteiger partial charge in [0.05, 0.1) is 12.5 Å². The van der Waals surface area contributed by atoms with Gasteiger partial charge in [-0.3, -0.25) is 47.9 Å². The van der Waals surface area contributed by atoms with E-state index in [-0.39, 0.29) is 69.7 Å². The van der Waals surface area contributed by atoms with Gasteiger partial charge in [0.2, 0.25) is 53.2 Å². The van der Waals surface area contributed by atoms with Gasteiger partial charge in [-0.05, 0) is 74.5 Å². The van der Waals surface area contributed by atoms with E-state index in [2.05, 4.69) is 26.6 Å². The van der Waals surface area contributed by atoms with Gasteiger partial charge in [0.25, 0.3) is 0 Å². The van der Waals surface area contributed by atoms with Gasteiger partial charge >= 0.3 is 11.9 Å². The maximum atomic E-state index is 14.2. The molecular formula is C45H68N10O14. The van der Waals surface area contributed by atoms with Crippen molar-refractivity contribution in [1.29, 1.82) is 0 Å². The standard InChI is InChI=1S/C45H68N10O14/c1-5-24(4)37(53-41(64)33-9-7-19-55(33)44(67)30(22-35(48)58)51-38(61)27(46)14-17-36(59)60)42(65)50-29(20-23(2)3)39(62)49-28(15-16-34(47)57)43(66)54-18-6-8-32(54)40(63)52-31(45(68)69)21-25-10-12-26(56)13-11-25/h10-13,23-24,27-33,37,56H,5-9,14-22,46H2,1-4H3,(H2,47,57)(H2,48,58)(H,49,62)(H,50,65)(H,51,61)(H,52,63)(H,53,64)(H,59,60)(H,68,69)/t24-,27-,28-,29-,30-,31-,32-,33-,37-/m0/s1. The minimum Gasteiger partial charge on any atom is -0.508 e. The summed E-state index contributed by atoms with van der Waals surface area (Å²) in [7, 11) is 0. The largest absolute Gasteiger partial charge is 0.508 e. The molecule has 382 valence electrons. The molecule has 0 bridgehead atoms. The van der Waals surface area contributed by atoms with Crippen LogP contribution in [0.5, 0.6) is 5.75 Å². The number of carboxylic acids is 2. The van der Waals surface area contributed by atoms with E-state index in [0.717, 1.165) is 4.90 Å². The number of carbonyl (C=O) groups is 11. The number of nitrogens with one attached hydrogen (secondary N) is 5. The fourth-order valence-electron chi connectivity index (χ4n) is 8.16. The smallest absolute Gasteiger partial charge is 0.326 e. The number of amides is 9. The summed E-state index contributed by atoms with van der Waals surface area (Å²) in [6.07, 6.45) is -0.724. The number of aliphatic carboxylic acids is 2. The molecule has 1 aromatic carbocycles. The predicted molar refractivity (Wildman–Crippen MR) is 245 cm³/mol. The number of primary amides is 2. The quantitative estimate of drug-likeness (QED) is 0.0448. The summed E-state index contributed by atoms with van der Waals surface area (Å²) in [6, 6.07) is -4.80. The van der Waals surface area contributed by atoms with Gasteiger partial charge in [0.15, 0.2) is 0 Å². The maximum absolute atomic E-state index is 14.2. The summed E-state index contributed by atoms with van der Waals surface area (Å²) in [5, 5.41) is 41.4. The number of hydrogen-bond donors (Lipinski definition) is 11. The number of benzene rings is 1. The summed E-state index contributed by atoms with van der Waals surface area (Å²) in [5.74, 6) is -10.7. The number of phenolic OH excluding ortho intramolecular Hbond substituents is 1. The molecule has 2 aliphatic heterocycles. The second kappa shape index (κ2) is 26.6. The number of rotatable bonds is 27. The average Bonchev–Trinajstić information content (AvgIpc) is 3.99. The highest BCUT2D eigenvalue weighted by molar-refractivity contribution is 5.99. The summed E-state index contributed by atoms with van der Waals surface area (Å²) >= 11 is 0. The molecule has 0 saturated carbocycles. The molecule has 0 radical (unpaired) electrons. The first-order valence-electron chi connectivity index (χ1n) is 23.1. The van der Waals surface area contributed by atoms with Gasteiger partial charge in [0, 0.05) is 32.4 Å². The van der Waals surface area contributed by atoms with Crippen LogP contribution < -0.4 is 43.8 Å². The molecule has 14 N–H and O–H groups in total. The normalized spacial score (nSPS) is 18.6. The van der Waals surface area contributed by atoms with Gasteiger partial charge in [-0.2, -0.15) is 0 Å². The Hall–Kier alpha value is -6.85. The zero-order chi connectivity index (χ0) is 51.7. The van der Waals surface area contributed by atoms with E-state index in [1.165, 1.54) is 29.2 Å². The zero-order valence-electron chi connectivity index (χ0n) is 39.4. The second-order valence-electron chi connectivity index (χ2n) is 18.0. The van der Waals surface area contributed by atoms with E-state index in [4.69, 9.17) is 22.3 Å². The van der Waals surface area contributed by atoms with Crippen molar-refractivity contribution >= 4 is 65.1 Å². The first kappa shape index (κ1) is 56.5. The van der Waals surface area contributed by atoms with Crippen LogP contribution in [0.2, 0.25) is 0 Å². The van der Waals surface area contributed by atoms with Crippen LogP contribution in [0.4, 0.5) is 0 Å². The summed E-state index contributed by atoms with van der Waals surface area (Å²) in [6.45, 7) is 7.09. The van der Waals surface area contributed by atoms with Crippen LogP contribution in [0.15, 0.2) is 24.3 Å². The van der Waals surface area contributed by atoms with E-state index in [1.807, 2.05) is 0 Å². The number of carboxylic acid groups (broad SMARTS) is 2. The molecule has 9 amide bonds. The maximum Gasteiger partial charge on any atom is 0.326 e. The van der Waals surface area contributed by atoms with Gasteiger partial charge in [-0.15, -0.1) is 0 Å². The number of aromatic hydroxyl groups is 1. The lowest BCUT2D eigenvalue weighted by Gasteiger charge is -2.32. The molecule has 2 aliphatic rings. The molecule has 2 saturated heterocycles. The van der Waals surface area contributed by atoms with Crippen LogP contribution in [0.3, 0.4) is 0 Å². The molecule has 24 heteroatoms.